The normalized spacial score (nSPS) is 27.3. The zero-order valence-corrected chi connectivity index (χ0v) is 13.7. The second-order valence-corrected chi connectivity index (χ2v) is 7.23. The van der Waals surface area contributed by atoms with Gasteiger partial charge in [-0.2, -0.15) is 0 Å². The number of benzene rings is 2. The molecule has 0 N–H and O–H groups in total. The third-order valence-corrected chi connectivity index (χ3v) is 5.74. The third-order valence-electron chi connectivity index (χ3n) is 5.74. The molecule has 2 saturated heterocycles. The summed E-state index contributed by atoms with van der Waals surface area (Å²) in [6.45, 7) is 2.91. The van der Waals surface area contributed by atoms with E-state index in [0.717, 1.165) is 12.1 Å². The minimum atomic E-state index is -0.0624. The van der Waals surface area contributed by atoms with Crippen molar-refractivity contribution in [2.45, 2.75) is 57.2 Å². The summed E-state index contributed by atoms with van der Waals surface area (Å²) in [6, 6.07) is 17.5. The van der Waals surface area contributed by atoms with Gasteiger partial charge in [0.2, 0.25) is 0 Å². The first-order valence-corrected chi connectivity index (χ1v) is 8.76. The SMILES string of the molecule is Cc1ccc(C2C[C@@H]3CC[C@@H](C2)N3Cc2ccccc2F)cc1. The monoisotopic (exact) mass is 309 g/mol. The van der Waals surface area contributed by atoms with E-state index in [0.29, 0.717) is 18.0 Å². The van der Waals surface area contributed by atoms with Crippen LogP contribution in [0.4, 0.5) is 4.39 Å². The molecule has 0 spiro atoms. The molecule has 0 radical (unpaired) electrons. The van der Waals surface area contributed by atoms with Crippen LogP contribution in [0.3, 0.4) is 0 Å². The molecule has 2 heterocycles. The van der Waals surface area contributed by atoms with E-state index < -0.39 is 0 Å². The van der Waals surface area contributed by atoms with Crippen molar-refractivity contribution in [3.63, 3.8) is 0 Å². The lowest BCUT2D eigenvalue weighted by atomic mass is 9.84. The van der Waals surface area contributed by atoms with Crippen LogP contribution in [0.15, 0.2) is 48.5 Å². The molecule has 2 aromatic carbocycles. The second kappa shape index (κ2) is 6.09. The summed E-state index contributed by atoms with van der Waals surface area (Å²) in [6.07, 6.45) is 4.96. The van der Waals surface area contributed by atoms with E-state index >= 15 is 0 Å². The number of aryl methyl sites for hydroxylation is 1. The van der Waals surface area contributed by atoms with Crippen LogP contribution in [0, 0.1) is 12.7 Å². The molecule has 2 heteroatoms. The Balaban J connectivity index is 1.50. The van der Waals surface area contributed by atoms with Crippen molar-refractivity contribution in [1.82, 2.24) is 4.90 Å². The predicted molar refractivity (Wildman–Crippen MR) is 91.9 cm³/mol. The summed E-state index contributed by atoms with van der Waals surface area (Å²) in [7, 11) is 0. The third kappa shape index (κ3) is 2.92. The quantitative estimate of drug-likeness (QED) is 0.767. The molecule has 4 rings (SSSR count). The predicted octanol–water partition coefficient (Wildman–Crippen LogP) is 5.04. The summed E-state index contributed by atoms with van der Waals surface area (Å²) in [5, 5.41) is 0. The molecule has 0 saturated carbocycles. The molecule has 2 fully saturated rings. The lowest BCUT2D eigenvalue weighted by molar-refractivity contribution is 0.117. The lowest BCUT2D eigenvalue weighted by Crippen LogP contribution is -2.41. The number of nitrogens with zero attached hydrogens (tertiary/aromatic N) is 1. The van der Waals surface area contributed by atoms with Crippen LogP contribution >= 0.6 is 0 Å². The van der Waals surface area contributed by atoms with Crippen LogP contribution < -0.4 is 0 Å². The molecule has 120 valence electrons. The van der Waals surface area contributed by atoms with E-state index in [1.54, 1.807) is 12.1 Å². The number of hydrogen-bond acceptors (Lipinski definition) is 1. The van der Waals surface area contributed by atoms with E-state index in [9.17, 15) is 4.39 Å². The first kappa shape index (κ1) is 14.9. The standard InChI is InChI=1S/C21H24FN/c1-15-6-8-16(9-7-15)18-12-19-10-11-20(13-18)23(19)14-17-4-2-3-5-21(17)22/h2-9,18-20H,10-14H2,1H3/t19-,20-/m0/s1. The van der Waals surface area contributed by atoms with Crippen LogP contribution in [0.1, 0.15) is 48.3 Å². The van der Waals surface area contributed by atoms with Gasteiger partial charge in [-0.3, -0.25) is 4.90 Å². The summed E-state index contributed by atoms with van der Waals surface area (Å²) in [5.41, 5.74) is 3.66. The van der Waals surface area contributed by atoms with Crippen molar-refractivity contribution in [1.29, 1.82) is 0 Å². The highest BCUT2D eigenvalue weighted by Gasteiger charge is 2.41. The minimum absolute atomic E-state index is 0.0624. The Bertz CT molecular complexity index is 664. The molecule has 1 nitrogen and oxygen atoms in total. The number of fused-ring (bicyclic) bond motifs is 2. The van der Waals surface area contributed by atoms with E-state index in [4.69, 9.17) is 0 Å². The largest absolute Gasteiger partial charge is 0.293 e. The zero-order chi connectivity index (χ0) is 15.8. The average Bonchev–Trinajstić information content (AvgIpc) is 2.79. The molecular weight excluding hydrogens is 285 g/mol. The van der Waals surface area contributed by atoms with Crippen LogP contribution in [0.25, 0.3) is 0 Å². The minimum Gasteiger partial charge on any atom is -0.293 e. The van der Waals surface area contributed by atoms with E-state index in [1.807, 2.05) is 12.1 Å². The molecule has 0 aliphatic carbocycles. The molecule has 2 aliphatic rings. The van der Waals surface area contributed by atoms with Gasteiger partial charge in [0, 0.05) is 24.2 Å². The topological polar surface area (TPSA) is 3.24 Å². The van der Waals surface area contributed by atoms with Crippen molar-refractivity contribution in [2.24, 2.45) is 0 Å². The van der Waals surface area contributed by atoms with Gasteiger partial charge >= 0.3 is 0 Å². The fourth-order valence-electron chi connectivity index (χ4n) is 4.47. The van der Waals surface area contributed by atoms with Gasteiger partial charge in [-0.15, -0.1) is 0 Å². The second-order valence-electron chi connectivity index (χ2n) is 7.23. The van der Waals surface area contributed by atoms with Gasteiger partial charge < -0.3 is 0 Å². The van der Waals surface area contributed by atoms with Crippen LogP contribution in [0.5, 0.6) is 0 Å². The first-order chi connectivity index (χ1) is 11.2. The van der Waals surface area contributed by atoms with Crippen LogP contribution in [0.2, 0.25) is 0 Å². The molecule has 2 bridgehead atoms. The van der Waals surface area contributed by atoms with Gasteiger partial charge in [0.05, 0.1) is 0 Å². The summed E-state index contributed by atoms with van der Waals surface area (Å²) in [5.74, 6) is 0.609. The van der Waals surface area contributed by atoms with Crippen molar-refractivity contribution in [3.05, 3.63) is 71.0 Å². The average molecular weight is 309 g/mol. The summed E-state index contributed by atoms with van der Waals surface area (Å²) >= 11 is 0. The van der Waals surface area contributed by atoms with Gasteiger partial charge in [0.25, 0.3) is 0 Å². The van der Waals surface area contributed by atoms with Crippen molar-refractivity contribution in [3.8, 4) is 0 Å². The Morgan fingerprint density at radius 2 is 1.61 bits per heavy atom. The van der Waals surface area contributed by atoms with Crippen molar-refractivity contribution < 1.29 is 4.39 Å². The maximum Gasteiger partial charge on any atom is 0.127 e. The van der Waals surface area contributed by atoms with E-state index in [-0.39, 0.29) is 5.82 Å². The Morgan fingerprint density at radius 3 is 2.26 bits per heavy atom. The van der Waals surface area contributed by atoms with Gasteiger partial charge in [-0.1, -0.05) is 48.0 Å². The summed E-state index contributed by atoms with van der Waals surface area (Å²) < 4.78 is 14.0. The molecule has 0 amide bonds. The number of piperidine rings is 1. The Labute approximate surface area is 138 Å². The highest BCUT2D eigenvalue weighted by atomic mass is 19.1. The van der Waals surface area contributed by atoms with Crippen LogP contribution in [-0.4, -0.2) is 17.0 Å². The highest BCUT2D eigenvalue weighted by Crippen LogP contribution is 2.43. The van der Waals surface area contributed by atoms with Gasteiger partial charge in [0.1, 0.15) is 5.82 Å². The molecule has 0 aromatic heterocycles. The molecule has 2 aliphatic heterocycles. The molecule has 2 aromatic rings. The van der Waals surface area contributed by atoms with Crippen molar-refractivity contribution >= 4 is 0 Å². The fraction of sp³-hybridized carbons (Fsp3) is 0.429. The van der Waals surface area contributed by atoms with E-state index in [2.05, 4.69) is 36.1 Å². The van der Waals surface area contributed by atoms with Gasteiger partial charge in [-0.05, 0) is 50.2 Å². The molecule has 2 atom stereocenters. The Kier molecular flexibility index (Phi) is 3.94. The smallest absolute Gasteiger partial charge is 0.127 e. The maximum atomic E-state index is 14.0. The maximum absolute atomic E-state index is 14.0. The number of rotatable bonds is 3. The van der Waals surface area contributed by atoms with Gasteiger partial charge in [0.15, 0.2) is 0 Å². The fourth-order valence-corrected chi connectivity index (χ4v) is 4.47. The molecular formula is C21H24FN. The lowest BCUT2D eigenvalue weighted by Gasteiger charge is -2.39. The Morgan fingerprint density at radius 1 is 0.957 bits per heavy atom. The van der Waals surface area contributed by atoms with Crippen molar-refractivity contribution in [2.75, 3.05) is 0 Å². The molecule has 23 heavy (non-hydrogen) atoms. The van der Waals surface area contributed by atoms with Crippen LogP contribution in [-0.2, 0) is 6.54 Å². The first-order valence-electron chi connectivity index (χ1n) is 8.76. The zero-order valence-electron chi connectivity index (χ0n) is 13.7. The summed E-state index contributed by atoms with van der Waals surface area (Å²) in [4.78, 5) is 2.56. The number of halogens is 1. The Hall–Kier alpha value is -1.67. The highest BCUT2D eigenvalue weighted by molar-refractivity contribution is 5.26. The molecule has 0 unspecified atom stereocenters. The van der Waals surface area contributed by atoms with E-state index in [1.165, 1.54) is 36.8 Å². The van der Waals surface area contributed by atoms with Gasteiger partial charge in [-0.25, -0.2) is 4.39 Å². The number of hydrogen-bond donors (Lipinski definition) is 0.